The normalized spacial score (nSPS) is 20.7. The zero-order valence-corrected chi connectivity index (χ0v) is 19.7. The lowest BCUT2D eigenvalue weighted by Crippen LogP contribution is -2.49. The van der Waals surface area contributed by atoms with Crippen LogP contribution in [0, 0.1) is 11.7 Å². The van der Waals surface area contributed by atoms with Crippen molar-refractivity contribution in [3.63, 3.8) is 0 Å². The molecule has 2 aliphatic rings. The number of halogens is 2. The van der Waals surface area contributed by atoms with Gasteiger partial charge in [-0.2, -0.15) is 5.10 Å². The third-order valence-corrected chi connectivity index (χ3v) is 6.96. The van der Waals surface area contributed by atoms with Crippen molar-refractivity contribution in [1.29, 1.82) is 0 Å². The third-order valence-electron chi connectivity index (χ3n) is 6.65. The Morgan fingerprint density at radius 1 is 1.26 bits per heavy atom. The Labute approximate surface area is 205 Å². The summed E-state index contributed by atoms with van der Waals surface area (Å²) in [4.78, 5) is 24.7. The first-order valence-corrected chi connectivity index (χ1v) is 11.6. The Morgan fingerprint density at radius 2 is 2.06 bits per heavy atom. The van der Waals surface area contributed by atoms with Crippen molar-refractivity contribution in [1.82, 2.24) is 15.5 Å². The molecule has 5 rings (SSSR count). The van der Waals surface area contributed by atoms with Crippen molar-refractivity contribution in [3.05, 3.63) is 68.8 Å². The highest BCUT2D eigenvalue weighted by Gasteiger charge is 2.38. The Bertz CT molecular complexity index is 1380. The number of hydrogen-bond donors (Lipinski definition) is 5. The molecule has 9 nitrogen and oxygen atoms in total. The molecular weight excluding hydrogens is 473 g/mol. The number of anilines is 3. The van der Waals surface area contributed by atoms with Gasteiger partial charge in [0.15, 0.2) is 0 Å². The maximum atomic E-state index is 15.1. The van der Waals surface area contributed by atoms with Crippen LogP contribution < -0.4 is 32.8 Å². The zero-order chi connectivity index (χ0) is 24.9. The Hall–Kier alpha value is -3.47. The van der Waals surface area contributed by atoms with Crippen LogP contribution in [0.2, 0.25) is 5.02 Å². The highest BCUT2D eigenvalue weighted by molar-refractivity contribution is 6.33. The number of hydrazine groups is 1. The Balaban J connectivity index is 1.35. The minimum atomic E-state index is -0.601. The molecule has 2 aromatic carbocycles. The monoisotopic (exact) mass is 497 g/mol. The fraction of sp³-hybridized carbons (Fsp3) is 0.292. The van der Waals surface area contributed by atoms with Gasteiger partial charge in [0.1, 0.15) is 5.82 Å². The maximum Gasteiger partial charge on any atom is 0.264 e. The second-order valence-corrected chi connectivity index (χ2v) is 9.52. The minimum Gasteiger partial charge on any atom is -0.397 e. The number of aromatic amines is 1. The van der Waals surface area contributed by atoms with E-state index in [2.05, 4.69) is 20.8 Å². The molecule has 11 heteroatoms. The van der Waals surface area contributed by atoms with E-state index in [-0.39, 0.29) is 40.2 Å². The molecule has 3 atom stereocenters. The van der Waals surface area contributed by atoms with Crippen molar-refractivity contribution in [2.24, 2.45) is 11.8 Å². The van der Waals surface area contributed by atoms with Gasteiger partial charge >= 0.3 is 0 Å². The summed E-state index contributed by atoms with van der Waals surface area (Å²) in [6, 6.07) is 9.29. The first-order valence-electron chi connectivity index (χ1n) is 11.2. The van der Waals surface area contributed by atoms with Crippen molar-refractivity contribution >= 4 is 34.6 Å². The lowest BCUT2D eigenvalue weighted by molar-refractivity contribution is -0.121. The van der Waals surface area contributed by atoms with Gasteiger partial charge in [0, 0.05) is 30.6 Å². The molecule has 0 saturated carbocycles. The Kier molecular flexibility index (Phi) is 5.96. The number of aromatic nitrogens is 2. The molecule has 1 fully saturated rings. The van der Waals surface area contributed by atoms with Crippen LogP contribution in [0.5, 0.6) is 0 Å². The number of amides is 1. The largest absolute Gasteiger partial charge is 0.397 e. The summed E-state index contributed by atoms with van der Waals surface area (Å²) in [6.45, 7) is 0. The van der Waals surface area contributed by atoms with Gasteiger partial charge in [0.25, 0.3) is 5.56 Å². The summed E-state index contributed by atoms with van der Waals surface area (Å²) in [5.74, 6) is 4.60. The number of nitrogens with zero attached hydrogens (tertiary/aromatic N) is 2. The number of fused-ring (bicyclic) bond motifs is 4. The van der Waals surface area contributed by atoms with Gasteiger partial charge in [0.05, 0.1) is 33.8 Å². The number of piperidine rings is 1. The number of nitrogen functional groups attached to an aromatic ring is 1. The predicted octanol–water partition coefficient (Wildman–Crippen LogP) is 2.73. The summed E-state index contributed by atoms with van der Waals surface area (Å²) in [7, 11) is 1.65. The fourth-order valence-corrected chi connectivity index (χ4v) is 5.26. The molecule has 2 bridgehead atoms. The van der Waals surface area contributed by atoms with Crippen LogP contribution in [0.25, 0.3) is 11.1 Å². The molecule has 1 aromatic heterocycles. The van der Waals surface area contributed by atoms with Crippen molar-refractivity contribution in [2.75, 3.05) is 23.1 Å². The van der Waals surface area contributed by atoms with Crippen LogP contribution in [-0.2, 0) is 11.2 Å². The molecule has 7 N–H and O–H groups in total. The van der Waals surface area contributed by atoms with Gasteiger partial charge in [-0.15, -0.1) is 0 Å². The van der Waals surface area contributed by atoms with Gasteiger partial charge < -0.3 is 21.4 Å². The van der Waals surface area contributed by atoms with Gasteiger partial charge in [-0.05, 0) is 54.7 Å². The number of carbonyl (C=O) groups excluding carboxylic acids is 1. The number of hydrogen-bond acceptors (Lipinski definition) is 7. The number of rotatable bonds is 4. The lowest BCUT2D eigenvalue weighted by atomic mass is 9.79. The smallest absolute Gasteiger partial charge is 0.264 e. The second-order valence-electron chi connectivity index (χ2n) is 9.12. The second kappa shape index (κ2) is 8.95. The van der Waals surface area contributed by atoms with Crippen LogP contribution in [0.4, 0.5) is 21.5 Å². The summed E-state index contributed by atoms with van der Waals surface area (Å²) < 4.78 is 15.1. The van der Waals surface area contributed by atoms with E-state index in [1.807, 2.05) is 0 Å². The van der Waals surface area contributed by atoms with Crippen LogP contribution in [0.15, 0.2) is 41.2 Å². The molecule has 1 saturated heterocycles. The van der Waals surface area contributed by atoms with E-state index in [1.165, 1.54) is 17.1 Å². The number of nitrogens with one attached hydrogen (secondary N) is 3. The number of benzene rings is 2. The van der Waals surface area contributed by atoms with E-state index in [4.69, 9.17) is 23.2 Å². The molecule has 0 radical (unpaired) electrons. The van der Waals surface area contributed by atoms with E-state index in [0.29, 0.717) is 41.8 Å². The van der Waals surface area contributed by atoms with E-state index >= 15 is 4.39 Å². The molecule has 1 amide bonds. The van der Waals surface area contributed by atoms with Crippen molar-refractivity contribution in [2.45, 2.75) is 31.3 Å². The molecule has 182 valence electrons. The quantitative estimate of drug-likeness (QED) is 0.212. The molecule has 0 aliphatic carbocycles. The van der Waals surface area contributed by atoms with E-state index < -0.39 is 5.82 Å². The lowest BCUT2D eigenvalue weighted by Gasteiger charge is -2.39. The highest BCUT2D eigenvalue weighted by Crippen LogP contribution is 2.38. The van der Waals surface area contributed by atoms with E-state index in [9.17, 15) is 9.59 Å². The van der Waals surface area contributed by atoms with Crippen LogP contribution in [0.1, 0.15) is 30.1 Å². The maximum absolute atomic E-state index is 15.1. The summed E-state index contributed by atoms with van der Waals surface area (Å²) in [5, 5.41) is 14.5. The topological polar surface area (TPSA) is 142 Å². The van der Waals surface area contributed by atoms with Gasteiger partial charge in [-0.3, -0.25) is 9.59 Å². The van der Waals surface area contributed by atoms with Gasteiger partial charge in [-0.1, -0.05) is 17.7 Å². The van der Waals surface area contributed by atoms with Crippen LogP contribution in [-0.4, -0.2) is 29.2 Å². The summed E-state index contributed by atoms with van der Waals surface area (Å²) >= 11 is 6.48. The molecule has 3 heterocycles. The van der Waals surface area contributed by atoms with E-state index in [0.717, 1.165) is 11.3 Å². The molecule has 0 spiro atoms. The first-order chi connectivity index (χ1) is 16.7. The SMILES string of the molecule is CN(N)c1cc(-c2cc(F)c(NC(=O)C3CC4Cc5cc(=O)[nH]nc5C(C3)N4)cc2Cl)ccc1N. The number of nitrogens with two attached hydrogens (primary N) is 2. The average Bonchev–Trinajstić information content (AvgIpc) is 2.81. The third kappa shape index (κ3) is 4.47. The molecule has 3 unspecified atom stereocenters. The van der Waals surface area contributed by atoms with Gasteiger partial charge in [0.2, 0.25) is 5.91 Å². The molecular formula is C24H25ClFN7O2. The molecule has 35 heavy (non-hydrogen) atoms. The zero-order valence-electron chi connectivity index (χ0n) is 18.9. The number of H-pyrrole nitrogens is 1. The minimum absolute atomic E-state index is 0.0157. The summed E-state index contributed by atoms with van der Waals surface area (Å²) in [6.07, 6.45) is 1.68. The first kappa shape index (κ1) is 23.3. The van der Waals surface area contributed by atoms with Crippen LogP contribution >= 0.6 is 11.6 Å². The van der Waals surface area contributed by atoms with Crippen LogP contribution in [0.3, 0.4) is 0 Å². The van der Waals surface area contributed by atoms with Crippen molar-refractivity contribution in [3.8, 4) is 11.1 Å². The molecule has 2 aliphatic heterocycles. The fourth-order valence-electron chi connectivity index (χ4n) is 4.99. The number of carbonyl (C=O) groups is 1. The summed E-state index contributed by atoms with van der Waals surface area (Å²) in [5.41, 5.74) is 9.55. The highest BCUT2D eigenvalue weighted by atomic mass is 35.5. The molecule has 3 aromatic rings. The van der Waals surface area contributed by atoms with Gasteiger partial charge in [-0.25, -0.2) is 15.3 Å². The average molecular weight is 498 g/mol. The predicted molar refractivity (Wildman–Crippen MR) is 133 cm³/mol. The van der Waals surface area contributed by atoms with Crippen molar-refractivity contribution < 1.29 is 9.18 Å². The van der Waals surface area contributed by atoms with E-state index in [1.54, 1.807) is 31.3 Å². The Morgan fingerprint density at radius 3 is 2.83 bits per heavy atom. The standard InChI is InChI=1S/C24H25ClFN7O2/c1-33(28)21-7-11(2-3-18(21)27)15-9-17(26)19(10-16(15)25)30-24(35)13-5-14-4-12-8-22(34)31-32-23(12)20(6-13)29-14/h2-3,7-10,13-14,20,29H,4-6,27-28H2,1H3,(H,30,35)(H,31,34).